The smallest absolute Gasteiger partial charge is 0.407 e. The number of benzene rings is 2. The second-order valence-corrected chi connectivity index (χ2v) is 18.8. The average Bonchev–Trinajstić information content (AvgIpc) is 3.58. The van der Waals surface area contributed by atoms with Gasteiger partial charge in [0, 0.05) is 30.4 Å². The highest BCUT2D eigenvalue weighted by molar-refractivity contribution is 6.04. The predicted octanol–water partition coefficient (Wildman–Crippen LogP) is 8.41. The molecule has 3 N–H and O–H groups in total. The Kier molecular flexibility index (Phi) is 13.1. The van der Waals surface area contributed by atoms with Gasteiger partial charge in [-0.25, -0.2) is 9.78 Å². The number of hydrogen-bond donors (Lipinski definition) is 3. The first-order valence-electron chi connectivity index (χ1n) is 23.0. The number of aromatic nitrogens is 2. The van der Waals surface area contributed by atoms with E-state index in [2.05, 4.69) is 91.5 Å². The van der Waals surface area contributed by atoms with Crippen LogP contribution in [0.3, 0.4) is 0 Å². The summed E-state index contributed by atoms with van der Waals surface area (Å²) in [6, 6.07) is 15.7. The van der Waals surface area contributed by atoms with Crippen molar-refractivity contribution in [2.45, 2.75) is 141 Å². The molecule has 63 heavy (non-hydrogen) atoms. The van der Waals surface area contributed by atoms with E-state index in [0.717, 1.165) is 90.0 Å². The quantitative estimate of drug-likeness (QED) is 0.137. The molecule has 1 saturated carbocycles. The maximum Gasteiger partial charge on any atom is 0.407 e. The molecule has 2 aromatic carbocycles. The summed E-state index contributed by atoms with van der Waals surface area (Å²) in [4.78, 5) is 58.4. The number of aliphatic imine (C=N–C) groups is 1. The van der Waals surface area contributed by atoms with E-state index >= 15 is 0 Å². The lowest BCUT2D eigenvalue weighted by atomic mass is 9.83. The van der Waals surface area contributed by atoms with Crippen LogP contribution in [0.25, 0.3) is 28.0 Å². The number of allylic oxidation sites excluding steroid dienone is 1. The van der Waals surface area contributed by atoms with Crippen molar-refractivity contribution < 1.29 is 28.6 Å². The van der Waals surface area contributed by atoms with Crippen LogP contribution in [0.5, 0.6) is 0 Å². The van der Waals surface area contributed by atoms with Gasteiger partial charge in [0.25, 0.3) is 0 Å². The highest BCUT2D eigenvalue weighted by Crippen LogP contribution is 2.43. The number of nitrogens with zero attached hydrogens (tertiary/aromatic N) is 4. The highest BCUT2D eigenvalue weighted by atomic mass is 16.5. The number of amides is 3. The third kappa shape index (κ3) is 9.44. The largest absolute Gasteiger partial charge is 0.483 e. The fourth-order valence-corrected chi connectivity index (χ4v) is 10.4. The zero-order valence-corrected chi connectivity index (χ0v) is 37.9. The van der Waals surface area contributed by atoms with Gasteiger partial charge >= 0.3 is 6.09 Å². The van der Waals surface area contributed by atoms with Crippen LogP contribution in [0.1, 0.15) is 110 Å². The van der Waals surface area contributed by atoms with Crippen molar-refractivity contribution in [2.24, 2.45) is 22.7 Å². The van der Waals surface area contributed by atoms with Gasteiger partial charge in [-0.15, -0.1) is 0 Å². The van der Waals surface area contributed by atoms with Crippen LogP contribution in [0.15, 0.2) is 78.4 Å². The first kappa shape index (κ1) is 44.2. The van der Waals surface area contributed by atoms with Crippen LogP contribution in [-0.4, -0.2) is 100 Å². The van der Waals surface area contributed by atoms with Gasteiger partial charge in [-0.05, 0) is 124 Å². The summed E-state index contributed by atoms with van der Waals surface area (Å²) >= 11 is 0. The van der Waals surface area contributed by atoms with Crippen molar-refractivity contribution >= 4 is 29.2 Å². The lowest BCUT2D eigenvalue weighted by molar-refractivity contribution is -0.140. The molecular formula is C50H65N7O6. The SMILES string of the molecule is C=C(N[C@H](C(=O)N1[C@@H](C)CC[C@H]1c1ncc(-c2ccc(-c3ccc(C4=CN=C([C@@H]5CC[C@H](C)N5C(=O)[C@@H](NC(=O)OC)[C@H]5C[C@@H](C)O[C@H](C6CC6)C5)C4)cc3)cc2)[nH]1)C(C)C)OC. The van der Waals surface area contributed by atoms with E-state index in [9.17, 15) is 14.4 Å². The molecule has 0 radical (unpaired) electrons. The van der Waals surface area contributed by atoms with E-state index in [-0.39, 0.29) is 60.0 Å². The summed E-state index contributed by atoms with van der Waals surface area (Å²) in [5.41, 5.74) is 7.33. The first-order valence-corrected chi connectivity index (χ1v) is 23.0. The number of ether oxygens (including phenoxy) is 3. The molecule has 8 rings (SSSR count). The van der Waals surface area contributed by atoms with Gasteiger partial charge in [0.05, 0.1) is 50.4 Å². The number of imidazole rings is 1. The Balaban J connectivity index is 0.904. The Bertz CT molecular complexity index is 2210. The van der Waals surface area contributed by atoms with Gasteiger partial charge in [0.15, 0.2) is 5.88 Å². The third-order valence-corrected chi connectivity index (χ3v) is 14.1. The maximum absolute atomic E-state index is 14.6. The molecule has 0 bridgehead atoms. The molecule has 3 amide bonds. The number of likely N-dealkylation sites (tertiary alicyclic amines) is 2. The van der Waals surface area contributed by atoms with E-state index in [1.165, 1.54) is 7.11 Å². The van der Waals surface area contributed by atoms with Gasteiger partial charge < -0.3 is 39.6 Å². The molecule has 4 fully saturated rings. The number of alkyl carbamates (subject to hydrolysis) is 1. The number of carbonyl (C=O) groups excluding carboxylic acids is 3. The Hall–Kier alpha value is -5.43. The highest BCUT2D eigenvalue weighted by Gasteiger charge is 2.47. The monoisotopic (exact) mass is 859 g/mol. The van der Waals surface area contributed by atoms with Crippen molar-refractivity contribution in [3.05, 3.63) is 84.8 Å². The summed E-state index contributed by atoms with van der Waals surface area (Å²) < 4.78 is 16.6. The third-order valence-electron chi connectivity index (χ3n) is 14.1. The predicted molar refractivity (Wildman–Crippen MR) is 244 cm³/mol. The van der Waals surface area contributed by atoms with Gasteiger partial charge in [-0.2, -0.15) is 0 Å². The Morgan fingerprint density at radius 3 is 2.03 bits per heavy atom. The summed E-state index contributed by atoms with van der Waals surface area (Å²) in [5, 5.41) is 6.12. The lowest BCUT2D eigenvalue weighted by Gasteiger charge is -2.40. The van der Waals surface area contributed by atoms with Crippen LogP contribution in [0.2, 0.25) is 0 Å². The van der Waals surface area contributed by atoms with Crippen molar-refractivity contribution in [3.63, 3.8) is 0 Å². The molecule has 3 saturated heterocycles. The molecule has 0 spiro atoms. The number of nitrogens with one attached hydrogen (secondary N) is 3. The second-order valence-electron chi connectivity index (χ2n) is 18.8. The molecule has 336 valence electrons. The van der Waals surface area contributed by atoms with Crippen LogP contribution < -0.4 is 10.6 Å². The molecule has 13 heteroatoms. The van der Waals surface area contributed by atoms with E-state index in [0.29, 0.717) is 24.6 Å². The molecule has 5 aliphatic rings. The van der Waals surface area contributed by atoms with Crippen LogP contribution in [0.4, 0.5) is 4.79 Å². The molecule has 0 unspecified atom stereocenters. The number of carbonyl (C=O) groups is 3. The van der Waals surface area contributed by atoms with E-state index in [4.69, 9.17) is 24.2 Å². The molecule has 9 atom stereocenters. The fraction of sp³-hybridized carbons (Fsp3) is 0.540. The number of methoxy groups -OCH3 is 2. The Morgan fingerprint density at radius 1 is 0.794 bits per heavy atom. The Labute approximate surface area is 372 Å². The minimum Gasteiger partial charge on any atom is -0.483 e. The summed E-state index contributed by atoms with van der Waals surface area (Å²) in [7, 11) is 2.89. The van der Waals surface area contributed by atoms with Gasteiger partial charge in [0.1, 0.15) is 17.9 Å². The van der Waals surface area contributed by atoms with Crippen LogP contribution in [0, 0.1) is 17.8 Å². The normalized spacial score (nSPS) is 26.8. The van der Waals surface area contributed by atoms with Crippen LogP contribution in [-0.2, 0) is 23.8 Å². The molecule has 4 aliphatic heterocycles. The maximum atomic E-state index is 14.6. The standard InChI is InChI=1S/C50H65N7O6/c1-28(2)45(53-32(6)61-7)48(58)57-30(4)10-22-43(57)47-52-27-41(54-47)36-17-15-34(16-18-36)33-11-13-35(14-12-33)39-24-40(51-26-39)42-21-9-29(3)56(42)49(59)46(55-50(60)62-8)38-23-31(5)63-44(25-38)37-19-20-37/h11-18,26-31,37-38,42-46,53H,6,9-10,19-25H2,1-5,7-8H3,(H,52,54)(H,55,60)/t29-,30-,31+,38-,42-,43-,44-,45-,46-/m0/s1. The topological polar surface area (TPSA) is 150 Å². The van der Waals surface area contributed by atoms with Crippen molar-refractivity contribution in [1.29, 1.82) is 0 Å². The van der Waals surface area contributed by atoms with Crippen molar-refractivity contribution in [1.82, 2.24) is 30.4 Å². The van der Waals surface area contributed by atoms with Crippen molar-refractivity contribution in [2.75, 3.05) is 14.2 Å². The molecule has 13 nitrogen and oxygen atoms in total. The summed E-state index contributed by atoms with van der Waals surface area (Å²) in [5.74, 6) is 1.69. The molecule has 5 heterocycles. The molecule has 1 aromatic heterocycles. The minimum atomic E-state index is -0.682. The zero-order chi connectivity index (χ0) is 44.5. The van der Waals surface area contributed by atoms with Gasteiger partial charge in [0.2, 0.25) is 11.8 Å². The van der Waals surface area contributed by atoms with E-state index in [1.54, 1.807) is 7.11 Å². The second kappa shape index (κ2) is 18.7. The number of rotatable bonds is 14. The zero-order valence-electron chi connectivity index (χ0n) is 37.9. The molecule has 1 aliphatic carbocycles. The summed E-state index contributed by atoms with van der Waals surface area (Å²) in [6.45, 7) is 14.2. The number of aromatic amines is 1. The van der Waals surface area contributed by atoms with E-state index < -0.39 is 18.2 Å². The van der Waals surface area contributed by atoms with E-state index in [1.807, 2.05) is 36.0 Å². The minimum absolute atomic E-state index is 0.0209. The summed E-state index contributed by atoms with van der Waals surface area (Å²) in [6.07, 6.45) is 11.3. The van der Waals surface area contributed by atoms with Gasteiger partial charge in [-0.3, -0.25) is 14.6 Å². The fourth-order valence-electron chi connectivity index (χ4n) is 10.4. The van der Waals surface area contributed by atoms with Crippen molar-refractivity contribution in [3.8, 4) is 22.4 Å². The Morgan fingerprint density at radius 2 is 1.41 bits per heavy atom. The number of H-pyrrole nitrogens is 1. The first-order chi connectivity index (χ1) is 30.3. The van der Waals surface area contributed by atoms with Crippen LogP contribution >= 0.6 is 0 Å². The number of hydrogen-bond acceptors (Lipinski definition) is 9. The average molecular weight is 860 g/mol. The lowest BCUT2D eigenvalue weighted by Crippen LogP contribution is -2.57. The van der Waals surface area contributed by atoms with Gasteiger partial charge in [-0.1, -0.05) is 62.4 Å². The molecule has 3 aromatic rings. The molecular weight excluding hydrogens is 795 g/mol.